The van der Waals surface area contributed by atoms with Crippen LogP contribution in [0.25, 0.3) is 0 Å². The van der Waals surface area contributed by atoms with Crippen molar-refractivity contribution in [3.63, 3.8) is 0 Å². The molecule has 0 radical (unpaired) electrons. The second-order valence-electron chi connectivity index (χ2n) is 3.19. The molecular formula is C12H21NO3. The topological polar surface area (TPSA) is 47.6 Å². The summed E-state index contributed by atoms with van der Waals surface area (Å²) in [5, 5.41) is 3.05. The highest BCUT2D eigenvalue weighted by Crippen LogP contribution is 1.92. The van der Waals surface area contributed by atoms with E-state index in [9.17, 15) is 4.79 Å². The van der Waals surface area contributed by atoms with Crippen LogP contribution in [-0.2, 0) is 14.3 Å². The van der Waals surface area contributed by atoms with Crippen molar-refractivity contribution in [2.45, 2.75) is 13.3 Å². The summed E-state index contributed by atoms with van der Waals surface area (Å²) in [7, 11) is 0. The third-order valence-electron chi connectivity index (χ3n) is 1.79. The number of rotatable bonds is 10. The predicted molar refractivity (Wildman–Crippen MR) is 64.3 cm³/mol. The molecule has 0 unspecified atom stereocenters. The first kappa shape index (κ1) is 14.9. The Bertz CT molecular complexity index is 226. The van der Waals surface area contributed by atoms with E-state index < -0.39 is 0 Å². The van der Waals surface area contributed by atoms with Crippen molar-refractivity contribution in [3.8, 4) is 0 Å². The van der Waals surface area contributed by atoms with E-state index in [1.807, 2.05) is 6.08 Å². The van der Waals surface area contributed by atoms with Crippen LogP contribution in [0.1, 0.15) is 13.3 Å². The average Bonchev–Trinajstić information content (AvgIpc) is 2.28. The molecule has 0 aromatic carbocycles. The molecule has 0 saturated heterocycles. The van der Waals surface area contributed by atoms with Gasteiger partial charge in [0.2, 0.25) is 0 Å². The summed E-state index contributed by atoms with van der Waals surface area (Å²) in [6.07, 6.45) is 2.67. The molecule has 0 rings (SSSR count). The summed E-state index contributed by atoms with van der Waals surface area (Å²) >= 11 is 0. The molecule has 4 nitrogen and oxygen atoms in total. The van der Waals surface area contributed by atoms with Gasteiger partial charge in [-0.15, -0.1) is 6.58 Å². The van der Waals surface area contributed by atoms with Gasteiger partial charge in [0.25, 0.3) is 0 Å². The summed E-state index contributed by atoms with van der Waals surface area (Å²) in [5.41, 5.74) is 0.438. The van der Waals surface area contributed by atoms with Crippen molar-refractivity contribution in [2.75, 3.05) is 32.9 Å². The van der Waals surface area contributed by atoms with Gasteiger partial charge in [-0.05, 0) is 13.3 Å². The molecule has 1 N–H and O–H groups in total. The Morgan fingerprint density at radius 3 is 2.81 bits per heavy atom. The number of hydrogen-bond donors (Lipinski definition) is 1. The number of esters is 1. The Morgan fingerprint density at radius 2 is 2.19 bits per heavy atom. The van der Waals surface area contributed by atoms with Crippen LogP contribution in [0.2, 0.25) is 0 Å². The summed E-state index contributed by atoms with van der Waals surface area (Å²) in [4.78, 5) is 11.1. The second-order valence-corrected chi connectivity index (χ2v) is 3.19. The Kier molecular flexibility index (Phi) is 9.66. The van der Waals surface area contributed by atoms with Gasteiger partial charge < -0.3 is 14.8 Å². The fourth-order valence-electron chi connectivity index (χ4n) is 0.958. The van der Waals surface area contributed by atoms with Crippen LogP contribution >= 0.6 is 0 Å². The summed E-state index contributed by atoms with van der Waals surface area (Å²) < 4.78 is 10.1. The Hall–Kier alpha value is -1.13. The van der Waals surface area contributed by atoms with Crippen LogP contribution in [0.15, 0.2) is 24.8 Å². The minimum absolute atomic E-state index is 0.345. The van der Waals surface area contributed by atoms with Gasteiger partial charge in [-0.2, -0.15) is 0 Å². The molecule has 0 aliphatic rings. The van der Waals surface area contributed by atoms with Crippen LogP contribution in [0.4, 0.5) is 0 Å². The smallest absolute Gasteiger partial charge is 0.334 e. The van der Waals surface area contributed by atoms with Crippen LogP contribution in [0.3, 0.4) is 0 Å². The largest absolute Gasteiger partial charge is 0.463 e. The molecule has 0 aromatic rings. The molecule has 0 amide bonds. The molecule has 0 heterocycles. The predicted octanol–water partition coefficient (Wildman–Crippen LogP) is 1.29. The van der Waals surface area contributed by atoms with Crippen molar-refractivity contribution in [3.05, 3.63) is 24.8 Å². The van der Waals surface area contributed by atoms with E-state index >= 15 is 0 Å². The Morgan fingerprint density at radius 1 is 1.44 bits per heavy atom. The average molecular weight is 227 g/mol. The van der Waals surface area contributed by atoms with Gasteiger partial charge >= 0.3 is 5.97 Å². The first-order valence-electron chi connectivity index (χ1n) is 5.46. The summed E-state index contributed by atoms with van der Waals surface area (Å²) in [6, 6.07) is 0. The number of hydrogen-bond acceptors (Lipinski definition) is 4. The SMILES string of the molecule is C=CCCOCCNCC(=C)C(=O)OCC. The maximum atomic E-state index is 11.1. The van der Waals surface area contributed by atoms with Crippen molar-refractivity contribution < 1.29 is 14.3 Å². The van der Waals surface area contributed by atoms with E-state index in [0.29, 0.717) is 38.5 Å². The first-order valence-corrected chi connectivity index (χ1v) is 5.46. The highest BCUT2D eigenvalue weighted by molar-refractivity contribution is 5.88. The highest BCUT2D eigenvalue weighted by atomic mass is 16.5. The highest BCUT2D eigenvalue weighted by Gasteiger charge is 2.05. The lowest BCUT2D eigenvalue weighted by Gasteiger charge is -2.07. The normalized spacial score (nSPS) is 9.81. The molecule has 0 fully saturated rings. The molecule has 0 aliphatic carbocycles. The van der Waals surface area contributed by atoms with Crippen LogP contribution in [-0.4, -0.2) is 38.9 Å². The molecule has 16 heavy (non-hydrogen) atoms. The Labute approximate surface area is 97.3 Å². The zero-order valence-electron chi connectivity index (χ0n) is 9.96. The minimum atomic E-state index is -0.345. The zero-order valence-corrected chi connectivity index (χ0v) is 9.96. The fourth-order valence-corrected chi connectivity index (χ4v) is 0.958. The van der Waals surface area contributed by atoms with E-state index in [-0.39, 0.29) is 5.97 Å². The quantitative estimate of drug-likeness (QED) is 0.264. The van der Waals surface area contributed by atoms with Crippen molar-refractivity contribution >= 4 is 5.97 Å². The fraction of sp³-hybridized carbons (Fsp3) is 0.583. The molecular weight excluding hydrogens is 206 g/mol. The van der Waals surface area contributed by atoms with Crippen molar-refractivity contribution in [1.82, 2.24) is 5.32 Å². The Balaban J connectivity index is 3.34. The molecule has 0 atom stereocenters. The van der Waals surface area contributed by atoms with E-state index in [2.05, 4.69) is 18.5 Å². The third kappa shape index (κ3) is 8.20. The lowest BCUT2D eigenvalue weighted by Crippen LogP contribution is -2.25. The maximum absolute atomic E-state index is 11.1. The summed E-state index contributed by atoms with van der Waals surface area (Å²) in [6.45, 7) is 11.8. The van der Waals surface area contributed by atoms with Gasteiger partial charge in [0.15, 0.2) is 0 Å². The van der Waals surface area contributed by atoms with Gasteiger partial charge in [0, 0.05) is 18.7 Å². The standard InChI is InChI=1S/C12H21NO3/c1-4-6-8-15-9-7-13-10-11(3)12(14)16-5-2/h4,13H,1,3,5-10H2,2H3. The zero-order chi connectivity index (χ0) is 12.2. The van der Waals surface area contributed by atoms with Crippen molar-refractivity contribution in [2.24, 2.45) is 0 Å². The number of nitrogens with one attached hydrogen (secondary N) is 1. The number of carbonyl (C=O) groups excluding carboxylic acids is 1. The molecule has 0 bridgehead atoms. The van der Waals surface area contributed by atoms with E-state index in [4.69, 9.17) is 9.47 Å². The van der Waals surface area contributed by atoms with Gasteiger partial charge in [-0.3, -0.25) is 0 Å². The lowest BCUT2D eigenvalue weighted by molar-refractivity contribution is -0.138. The number of ether oxygens (including phenoxy) is 2. The van der Waals surface area contributed by atoms with Gasteiger partial charge in [-0.1, -0.05) is 12.7 Å². The van der Waals surface area contributed by atoms with Crippen LogP contribution < -0.4 is 5.32 Å². The molecule has 92 valence electrons. The van der Waals surface area contributed by atoms with Crippen LogP contribution in [0, 0.1) is 0 Å². The van der Waals surface area contributed by atoms with Gasteiger partial charge in [0.1, 0.15) is 0 Å². The second kappa shape index (κ2) is 10.4. The molecule has 0 spiro atoms. The molecule has 0 aromatic heterocycles. The van der Waals surface area contributed by atoms with Gasteiger partial charge in [-0.25, -0.2) is 4.79 Å². The van der Waals surface area contributed by atoms with E-state index in [1.54, 1.807) is 6.92 Å². The maximum Gasteiger partial charge on any atom is 0.334 e. The molecule has 4 heteroatoms. The van der Waals surface area contributed by atoms with Gasteiger partial charge in [0.05, 0.1) is 19.8 Å². The molecule has 0 saturated carbocycles. The first-order chi connectivity index (χ1) is 7.72. The summed E-state index contributed by atoms with van der Waals surface area (Å²) in [5.74, 6) is -0.345. The van der Waals surface area contributed by atoms with E-state index in [1.165, 1.54) is 0 Å². The third-order valence-corrected chi connectivity index (χ3v) is 1.79. The minimum Gasteiger partial charge on any atom is -0.463 e. The number of carbonyl (C=O) groups is 1. The van der Waals surface area contributed by atoms with E-state index in [0.717, 1.165) is 6.42 Å². The van der Waals surface area contributed by atoms with Crippen LogP contribution in [0.5, 0.6) is 0 Å². The lowest BCUT2D eigenvalue weighted by atomic mass is 10.3. The molecule has 0 aliphatic heterocycles. The van der Waals surface area contributed by atoms with Crippen molar-refractivity contribution in [1.29, 1.82) is 0 Å². The monoisotopic (exact) mass is 227 g/mol.